The van der Waals surface area contributed by atoms with Gasteiger partial charge < -0.3 is 20.1 Å². The number of nitrogens with one attached hydrogen (secondary N) is 2. The molecule has 0 heterocycles. The Morgan fingerprint density at radius 1 is 0.844 bits per heavy atom. The van der Waals surface area contributed by atoms with Crippen molar-refractivity contribution in [3.63, 3.8) is 0 Å². The molecule has 164 valence electrons. The number of amides is 2. The van der Waals surface area contributed by atoms with Crippen LogP contribution in [0.4, 0.5) is 10.5 Å². The van der Waals surface area contributed by atoms with Crippen LogP contribution in [0.3, 0.4) is 0 Å². The van der Waals surface area contributed by atoms with Crippen molar-refractivity contribution in [1.29, 1.82) is 0 Å². The van der Waals surface area contributed by atoms with Gasteiger partial charge in [0.25, 0.3) is 11.8 Å². The van der Waals surface area contributed by atoms with Gasteiger partial charge >= 0.3 is 6.16 Å². The molecule has 0 aliphatic carbocycles. The second-order valence-corrected chi connectivity index (χ2v) is 7.05. The molecule has 0 atom stereocenters. The smallest absolute Gasteiger partial charge is 0.434 e. The van der Waals surface area contributed by atoms with Crippen molar-refractivity contribution in [1.82, 2.24) is 5.32 Å². The molecule has 3 aromatic rings. The van der Waals surface area contributed by atoms with Crippen LogP contribution in [0.1, 0.15) is 33.2 Å². The van der Waals surface area contributed by atoms with Gasteiger partial charge in [-0.05, 0) is 67.1 Å². The van der Waals surface area contributed by atoms with E-state index < -0.39 is 6.16 Å². The Balaban J connectivity index is 1.61. The highest BCUT2D eigenvalue weighted by Gasteiger charge is 2.12. The maximum Gasteiger partial charge on any atom is 0.513 e. The molecule has 0 saturated heterocycles. The number of ether oxygens (including phenoxy) is 2. The van der Waals surface area contributed by atoms with Crippen LogP contribution in [0.25, 0.3) is 0 Å². The van der Waals surface area contributed by atoms with E-state index in [4.69, 9.17) is 21.1 Å². The van der Waals surface area contributed by atoms with Gasteiger partial charge in [0.05, 0.1) is 6.61 Å². The molecular weight excluding hydrogens is 432 g/mol. The zero-order chi connectivity index (χ0) is 22.9. The minimum atomic E-state index is -0.804. The van der Waals surface area contributed by atoms with E-state index in [1.807, 2.05) is 12.1 Å². The Bertz CT molecular complexity index is 1100. The molecule has 0 aliphatic rings. The Morgan fingerprint density at radius 3 is 2.16 bits per heavy atom. The molecule has 0 fully saturated rings. The molecular formula is C24H21ClN2O5. The molecule has 0 saturated carbocycles. The fourth-order valence-corrected chi connectivity index (χ4v) is 2.91. The summed E-state index contributed by atoms with van der Waals surface area (Å²) >= 11 is 5.87. The molecule has 8 heteroatoms. The number of anilines is 1. The summed E-state index contributed by atoms with van der Waals surface area (Å²) in [6, 6.07) is 19.8. The van der Waals surface area contributed by atoms with Gasteiger partial charge in [-0.15, -0.1) is 0 Å². The lowest BCUT2D eigenvalue weighted by Gasteiger charge is -2.12. The second kappa shape index (κ2) is 11.0. The summed E-state index contributed by atoms with van der Waals surface area (Å²) in [5.41, 5.74) is 2.19. The highest BCUT2D eigenvalue weighted by Crippen LogP contribution is 2.18. The molecule has 2 N–H and O–H groups in total. The van der Waals surface area contributed by atoms with Crippen molar-refractivity contribution in [2.45, 2.75) is 13.5 Å². The van der Waals surface area contributed by atoms with E-state index in [9.17, 15) is 14.4 Å². The number of halogens is 1. The quantitative estimate of drug-likeness (QED) is 0.386. The summed E-state index contributed by atoms with van der Waals surface area (Å²) in [6.45, 7) is 2.09. The second-order valence-electron chi connectivity index (χ2n) is 6.61. The Kier molecular flexibility index (Phi) is 7.83. The molecule has 0 spiro atoms. The third kappa shape index (κ3) is 6.33. The Hall–Kier alpha value is -3.84. The SMILES string of the molecule is CCOC(=O)Oc1ccc(C(=O)NCc2ccccc2NC(=O)c2ccc(Cl)cc2)cc1. The molecule has 0 aromatic heterocycles. The van der Waals surface area contributed by atoms with Gasteiger partial charge in [0.15, 0.2) is 0 Å². The minimum Gasteiger partial charge on any atom is -0.434 e. The van der Waals surface area contributed by atoms with Gasteiger partial charge in [-0.25, -0.2) is 4.79 Å². The van der Waals surface area contributed by atoms with Crippen LogP contribution in [0.2, 0.25) is 5.02 Å². The van der Waals surface area contributed by atoms with E-state index >= 15 is 0 Å². The summed E-state index contributed by atoms with van der Waals surface area (Å²) in [5, 5.41) is 6.22. The normalized spacial score (nSPS) is 10.2. The van der Waals surface area contributed by atoms with Crippen molar-refractivity contribution in [3.05, 3.63) is 94.5 Å². The van der Waals surface area contributed by atoms with Crippen molar-refractivity contribution >= 4 is 35.3 Å². The van der Waals surface area contributed by atoms with Crippen LogP contribution in [0, 0.1) is 0 Å². The molecule has 0 unspecified atom stereocenters. The topological polar surface area (TPSA) is 93.7 Å². The van der Waals surface area contributed by atoms with Crippen LogP contribution in [-0.4, -0.2) is 24.6 Å². The zero-order valence-electron chi connectivity index (χ0n) is 17.3. The largest absolute Gasteiger partial charge is 0.513 e. The summed E-state index contributed by atoms with van der Waals surface area (Å²) in [4.78, 5) is 36.3. The van der Waals surface area contributed by atoms with E-state index in [1.165, 1.54) is 24.3 Å². The van der Waals surface area contributed by atoms with Gasteiger partial charge in [0, 0.05) is 28.4 Å². The Labute approximate surface area is 190 Å². The first-order valence-electron chi connectivity index (χ1n) is 9.84. The Morgan fingerprint density at radius 2 is 1.47 bits per heavy atom. The minimum absolute atomic E-state index is 0.205. The fourth-order valence-electron chi connectivity index (χ4n) is 2.79. The summed E-state index contributed by atoms with van der Waals surface area (Å²) in [5.74, 6) is -0.320. The third-order valence-corrected chi connectivity index (χ3v) is 4.64. The van der Waals surface area contributed by atoms with Crippen molar-refractivity contribution in [3.8, 4) is 5.75 Å². The number of hydrogen-bond donors (Lipinski definition) is 2. The zero-order valence-corrected chi connectivity index (χ0v) is 18.0. The number of benzene rings is 3. The molecule has 0 radical (unpaired) electrons. The van der Waals surface area contributed by atoms with Crippen LogP contribution in [0.5, 0.6) is 5.75 Å². The number of para-hydroxylation sites is 1. The van der Waals surface area contributed by atoms with Gasteiger partial charge in [-0.3, -0.25) is 9.59 Å². The van der Waals surface area contributed by atoms with Crippen molar-refractivity contribution in [2.75, 3.05) is 11.9 Å². The standard InChI is InChI=1S/C24H21ClN2O5/c1-2-31-24(30)32-20-13-9-16(10-14-20)22(28)26-15-18-5-3-4-6-21(18)27-23(29)17-7-11-19(25)12-8-17/h3-14H,2,15H2,1H3,(H,26,28)(H,27,29). The van der Waals surface area contributed by atoms with Crippen LogP contribution >= 0.6 is 11.6 Å². The predicted molar refractivity (Wildman–Crippen MR) is 121 cm³/mol. The predicted octanol–water partition coefficient (Wildman–Crippen LogP) is 5.06. The molecule has 2 amide bonds. The lowest BCUT2D eigenvalue weighted by Crippen LogP contribution is -2.24. The molecule has 0 aliphatic heterocycles. The fraction of sp³-hybridized carbons (Fsp3) is 0.125. The highest BCUT2D eigenvalue weighted by molar-refractivity contribution is 6.30. The van der Waals surface area contributed by atoms with Crippen molar-refractivity contribution in [2.24, 2.45) is 0 Å². The van der Waals surface area contributed by atoms with E-state index in [0.717, 1.165) is 5.56 Å². The molecule has 3 aromatic carbocycles. The van der Waals surface area contributed by atoms with Gasteiger partial charge in [0.1, 0.15) is 5.75 Å². The number of carbonyl (C=O) groups excluding carboxylic acids is 3. The highest BCUT2D eigenvalue weighted by atomic mass is 35.5. The van der Waals surface area contributed by atoms with E-state index in [1.54, 1.807) is 43.3 Å². The summed E-state index contributed by atoms with van der Waals surface area (Å²) in [6.07, 6.45) is -0.804. The third-order valence-electron chi connectivity index (χ3n) is 4.39. The van der Waals surface area contributed by atoms with Crippen LogP contribution < -0.4 is 15.4 Å². The van der Waals surface area contributed by atoms with Crippen molar-refractivity contribution < 1.29 is 23.9 Å². The van der Waals surface area contributed by atoms with Crippen LogP contribution in [-0.2, 0) is 11.3 Å². The number of hydrogen-bond acceptors (Lipinski definition) is 5. The molecule has 32 heavy (non-hydrogen) atoms. The maximum absolute atomic E-state index is 12.5. The average Bonchev–Trinajstić information content (AvgIpc) is 2.79. The van der Waals surface area contributed by atoms with E-state index in [0.29, 0.717) is 21.8 Å². The van der Waals surface area contributed by atoms with Gasteiger partial charge in [0.2, 0.25) is 0 Å². The summed E-state index contributed by atoms with van der Waals surface area (Å²) in [7, 11) is 0. The van der Waals surface area contributed by atoms with Gasteiger partial charge in [-0.2, -0.15) is 0 Å². The maximum atomic E-state index is 12.5. The first kappa shape index (κ1) is 22.8. The first-order valence-corrected chi connectivity index (χ1v) is 10.2. The molecule has 3 rings (SSSR count). The lowest BCUT2D eigenvalue weighted by atomic mass is 10.1. The lowest BCUT2D eigenvalue weighted by molar-refractivity contribution is 0.0950. The van der Waals surface area contributed by atoms with E-state index in [2.05, 4.69) is 10.6 Å². The van der Waals surface area contributed by atoms with Crippen LogP contribution in [0.15, 0.2) is 72.8 Å². The molecule has 0 bridgehead atoms. The van der Waals surface area contributed by atoms with E-state index in [-0.39, 0.29) is 30.7 Å². The molecule has 7 nitrogen and oxygen atoms in total. The monoisotopic (exact) mass is 452 g/mol. The average molecular weight is 453 g/mol. The van der Waals surface area contributed by atoms with Gasteiger partial charge in [-0.1, -0.05) is 29.8 Å². The number of rotatable bonds is 7. The summed E-state index contributed by atoms with van der Waals surface area (Å²) < 4.78 is 9.68. The first-order chi connectivity index (χ1) is 15.5. The number of carbonyl (C=O) groups is 3.